The molecule has 0 amide bonds. The van der Waals surface area contributed by atoms with Crippen LogP contribution < -0.4 is 56.7 Å². The standard InChI is InChI=1S/C8H19N.K.H/c1-5-7(3)9-8(4)6-2;;/h7-9H,5-6H2,1-4H3;;/q;+1;-1/i;;1+1. The molecule has 0 radical (unpaired) electrons. The van der Waals surface area contributed by atoms with Crippen molar-refractivity contribution in [1.82, 2.24) is 5.32 Å². The van der Waals surface area contributed by atoms with Gasteiger partial charge in [0.1, 0.15) is 0 Å². The molecule has 2 unspecified atom stereocenters. The van der Waals surface area contributed by atoms with Crippen molar-refractivity contribution in [2.45, 2.75) is 52.6 Å². The summed E-state index contributed by atoms with van der Waals surface area (Å²) < 4.78 is 0. The summed E-state index contributed by atoms with van der Waals surface area (Å²) in [6, 6.07) is 1.36. The second-order valence-electron chi connectivity index (χ2n) is 2.79. The smallest absolute Gasteiger partial charge is 1.00 e. The molecule has 0 spiro atoms. The van der Waals surface area contributed by atoms with Crippen molar-refractivity contribution >= 4 is 0 Å². The van der Waals surface area contributed by atoms with Crippen LogP contribution in [0.5, 0.6) is 0 Å². The quantitative estimate of drug-likeness (QED) is 0.550. The molecule has 0 saturated carbocycles. The van der Waals surface area contributed by atoms with Crippen LogP contribution >= 0.6 is 0 Å². The van der Waals surface area contributed by atoms with Crippen molar-refractivity contribution in [3.63, 3.8) is 0 Å². The van der Waals surface area contributed by atoms with Crippen molar-refractivity contribution in [3.8, 4) is 0 Å². The van der Waals surface area contributed by atoms with E-state index in [1.807, 2.05) is 0 Å². The first-order chi connectivity index (χ1) is 4.20. The molecule has 1 nitrogen and oxygen atoms in total. The predicted octanol–water partition coefficient (Wildman–Crippen LogP) is -0.710. The van der Waals surface area contributed by atoms with E-state index in [9.17, 15) is 0 Å². The van der Waals surface area contributed by atoms with Crippen LogP contribution in [0, 0.1) is 0 Å². The van der Waals surface area contributed by atoms with Gasteiger partial charge in [-0.05, 0) is 26.7 Å². The van der Waals surface area contributed by atoms with E-state index in [-0.39, 0.29) is 52.8 Å². The van der Waals surface area contributed by atoms with Gasteiger partial charge in [0.05, 0.1) is 0 Å². The average Bonchev–Trinajstić information content (AvgIpc) is 1.87. The Morgan fingerprint density at radius 2 is 1.40 bits per heavy atom. The Morgan fingerprint density at radius 3 is 1.60 bits per heavy atom. The van der Waals surface area contributed by atoms with Gasteiger partial charge in [0.2, 0.25) is 0 Å². The Labute approximate surface area is 109 Å². The van der Waals surface area contributed by atoms with Crippen molar-refractivity contribution in [1.29, 1.82) is 0 Å². The summed E-state index contributed by atoms with van der Waals surface area (Å²) in [6.07, 6.45) is 2.45. The molecule has 0 saturated heterocycles. The van der Waals surface area contributed by atoms with Gasteiger partial charge in [-0.1, -0.05) is 13.8 Å². The summed E-state index contributed by atoms with van der Waals surface area (Å²) in [5, 5.41) is 3.48. The van der Waals surface area contributed by atoms with Crippen molar-refractivity contribution < 1.29 is 52.8 Å². The molecule has 0 aromatic rings. The Morgan fingerprint density at radius 1 is 1.10 bits per heavy atom. The summed E-state index contributed by atoms with van der Waals surface area (Å²) in [5.74, 6) is 0. The normalized spacial score (nSPS) is 15.6. The largest absolute Gasteiger partial charge is 1.00 e. The number of rotatable bonds is 4. The fourth-order valence-electron chi connectivity index (χ4n) is 0.721. The molecule has 0 rings (SSSR count). The second-order valence-corrected chi connectivity index (χ2v) is 2.79. The van der Waals surface area contributed by atoms with E-state index in [1.54, 1.807) is 0 Å². The van der Waals surface area contributed by atoms with Crippen LogP contribution in [0.3, 0.4) is 0 Å². The van der Waals surface area contributed by atoms with Gasteiger partial charge >= 0.3 is 51.4 Å². The molecule has 0 aliphatic rings. The third-order valence-corrected chi connectivity index (χ3v) is 1.79. The molecule has 58 valence electrons. The van der Waals surface area contributed by atoms with E-state index in [2.05, 4.69) is 33.0 Å². The Kier molecular flexibility index (Phi) is 12.3. The average molecular weight is 170 g/mol. The molecular formula is C8H20KN. The van der Waals surface area contributed by atoms with Crippen molar-refractivity contribution in [2.75, 3.05) is 0 Å². The van der Waals surface area contributed by atoms with Gasteiger partial charge in [0.25, 0.3) is 0 Å². The minimum Gasteiger partial charge on any atom is -1.00 e. The van der Waals surface area contributed by atoms with Crippen molar-refractivity contribution in [2.24, 2.45) is 0 Å². The summed E-state index contributed by atoms with van der Waals surface area (Å²) in [5.41, 5.74) is 0. The molecular weight excluding hydrogens is 149 g/mol. The number of hydrogen-bond donors (Lipinski definition) is 1. The molecule has 2 heteroatoms. The summed E-state index contributed by atoms with van der Waals surface area (Å²) in [4.78, 5) is 0. The van der Waals surface area contributed by atoms with Gasteiger partial charge in [-0.15, -0.1) is 0 Å². The van der Waals surface area contributed by atoms with Crippen molar-refractivity contribution in [3.05, 3.63) is 0 Å². The van der Waals surface area contributed by atoms with Crippen LogP contribution in [-0.4, -0.2) is 12.1 Å². The summed E-state index contributed by atoms with van der Waals surface area (Å²) in [7, 11) is 0. The van der Waals surface area contributed by atoms with E-state index in [0.717, 1.165) is 0 Å². The van der Waals surface area contributed by atoms with Gasteiger partial charge in [0.15, 0.2) is 0 Å². The van der Waals surface area contributed by atoms with Crippen LogP contribution in [0.4, 0.5) is 0 Å². The molecule has 0 fully saturated rings. The zero-order chi connectivity index (χ0) is 7.28. The molecule has 0 aromatic carbocycles. The molecule has 0 bridgehead atoms. The summed E-state index contributed by atoms with van der Waals surface area (Å²) >= 11 is 0. The maximum atomic E-state index is 3.48. The molecule has 0 aromatic heterocycles. The zero-order valence-corrected chi connectivity index (χ0v) is 11.2. The first kappa shape index (κ1) is 14.1. The van der Waals surface area contributed by atoms with E-state index in [0.29, 0.717) is 12.1 Å². The van der Waals surface area contributed by atoms with Crippen LogP contribution in [0.25, 0.3) is 0 Å². The third kappa shape index (κ3) is 7.70. The molecule has 2 atom stereocenters. The molecule has 10 heavy (non-hydrogen) atoms. The predicted molar refractivity (Wildman–Crippen MR) is 43.8 cm³/mol. The number of nitrogens with one attached hydrogen (secondary N) is 1. The Hall–Kier alpha value is 1.60. The summed E-state index contributed by atoms with van der Waals surface area (Å²) in [6.45, 7) is 8.87. The topological polar surface area (TPSA) is 12.0 Å². The number of hydrogen-bond acceptors (Lipinski definition) is 1. The van der Waals surface area contributed by atoms with Gasteiger partial charge in [0, 0.05) is 12.1 Å². The molecule has 0 aliphatic heterocycles. The van der Waals surface area contributed by atoms with Gasteiger partial charge in [-0.3, -0.25) is 0 Å². The third-order valence-electron chi connectivity index (χ3n) is 1.79. The molecule has 1 N–H and O–H groups in total. The van der Waals surface area contributed by atoms with E-state index in [4.69, 9.17) is 0 Å². The van der Waals surface area contributed by atoms with Crippen LogP contribution in [-0.2, 0) is 0 Å². The van der Waals surface area contributed by atoms with E-state index in [1.165, 1.54) is 12.8 Å². The Balaban J connectivity index is -0.000000320. The van der Waals surface area contributed by atoms with Gasteiger partial charge < -0.3 is 6.74 Å². The fraction of sp³-hybridized carbons (Fsp3) is 1.00. The van der Waals surface area contributed by atoms with Crippen LogP contribution in [0.15, 0.2) is 0 Å². The van der Waals surface area contributed by atoms with E-state index < -0.39 is 0 Å². The Bertz CT molecular complexity index is 63.1. The monoisotopic (exact) mass is 170 g/mol. The van der Waals surface area contributed by atoms with Gasteiger partial charge in [-0.2, -0.15) is 0 Å². The van der Waals surface area contributed by atoms with Crippen LogP contribution in [0.2, 0.25) is 0 Å². The van der Waals surface area contributed by atoms with Gasteiger partial charge in [-0.25, -0.2) is 0 Å². The molecule has 0 heterocycles. The maximum absolute atomic E-state index is 3.48. The first-order valence-electron chi connectivity index (χ1n) is 3.96. The minimum absolute atomic E-state index is 0. The molecule has 0 aliphatic carbocycles. The minimum atomic E-state index is 0. The maximum Gasteiger partial charge on any atom is 1.00 e. The SMILES string of the molecule is CCC(C)NC(C)CC.[2H-].[K+]. The second kappa shape index (κ2) is 8.69. The zero-order valence-electron chi connectivity index (χ0n) is 9.07. The van der Waals surface area contributed by atoms with E-state index >= 15 is 0 Å². The fourth-order valence-corrected chi connectivity index (χ4v) is 0.721. The van der Waals surface area contributed by atoms with Crippen LogP contribution in [0.1, 0.15) is 42.0 Å². The first-order valence-corrected chi connectivity index (χ1v) is 3.96.